The quantitative estimate of drug-likeness (QED) is 0.0790. The number of aromatic nitrogens is 4. The number of hydrogen-bond acceptors (Lipinski definition) is 10. The van der Waals surface area contributed by atoms with Gasteiger partial charge in [-0.25, -0.2) is 19.6 Å². The van der Waals surface area contributed by atoms with E-state index in [1.165, 1.54) is 89.6 Å². The molecule has 6 N–H and O–H groups in total. The maximum absolute atomic E-state index is 14.6. The van der Waals surface area contributed by atoms with Crippen LogP contribution in [-0.2, 0) is 19.1 Å². The van der Waals surface area contributed by atoms with Crippen LogP contribution < -0.4 is 10.6 Å². The zero-order chi connectivity index (χ0) is 52.8. The number of likely N-dealkylation sites (tertiary alicyclic amines) is 2. The first-order chi connectivity index (χ1) is 36.9. The second-order valence-corrected chi connectivity index (χ2v) is 24.8. The minimum Gasteiger partial charge on any atom is -0.453 e. The molecule has 2 aromatic heterocycles. The van der Waals surface area contributed by atoms with Crippen LogP contribution in [0.25, 0.3) is 22.1 Å². The number of ether oxygens (including phenoxy) is 2. The Morgan fingerprint density at radius 3 is 1.34 bits per heavy atom. The summed E-state index contributed by atoms with van der Waals surface area (Å²) in [5, 5.41) is 25.8. The van der Waals surface area contributed by atoms with Crippen LogP contribution in [0.3, 0.4) is 0 Å². The van der Waals surface area contributed by atoms with Gasteiger partial charge in [-0.2, -0.15) is 0 Å². The zero-order valence-corrected chi connectivity index (χ0v) is 45.4. The third-order valence-corrected chi connectivity index (χ3v) is 20.5. The van der Waals surface area contributed by atoms with Crippen molar-refractivity contribution in [3.8, 4) is 0 Å². The van der Waals surface area contributed by atoms with Crippen LogP contribution in [0.5, 0.6) is 0 Å². The number of methoxy groups -OCH3 is 2. The van der Waals surface area contributed by atoms with Crippen molar-refractivity contribution < 1.29 is 38.9 Å². The van der Waals surface area contributed by atoms with Gasteiger partial charge in [0, 0.05) is 37.1 Å². The van der Waals surface area contributed by atoms with Crippen molar-refractivity contribution in [3.63, 3.8) is 0 Å². The number of aromatic amines is 2. The van der Waals surface area contributed by atoms with Gasteiger partial charge in [0.25, 0.3) is 0 Å². The fraction of sp³-hybridized carbons (Fsp3) is 0.700. The van der Waals surface area contributed by atoms with Gasteiger partial charge < -0.3 is 50.1 Å². The predicted octanol–water partition coefficient (Wildman–Crippen LogP) is 10.1. The third-order valence-electron chi connectivity index (χ3n) is 20.5. The Hall–Kier alpha value is -5.22. The molecule has 10 fully saturated rings. The standard InChI is InChI=1S/C60H84N8O8/c1-33(31-69)53(65-59(73)75-3)57(71)67-49-11-7-5-9-41(49)29-51(67)55-61-45-23-21-39(27-47(45)63-55)43-25-35-13-17-37(43)19-15-36-14-18-38(20-16-35)44(26-36)40-22-24-46-48(28-40)64-56(62-46)52-30-42-10-6-8-12-50(42)68(52)58(72)54(34(2)32-70)66-60(74)76-4/h21-24,27-28,33-38,41-44,49-54,69-70H,5-20,25-26,29-32H2,1-4H3,(H,61,63)(H,62,64)(H,65,73)(H,66,74)/t33-,34-,35-,36?,37?,38+,41-,42-,43?,44?,49-,50-,51-,52-,53-,54-/m0/s1. The number of aliphatic hydroxyl groups is 2. The summed E-state index contributed by atoms with van der Waals surface area (Å²) in [6.07, 6.45) is 21.1. The van der Waals surface area contributed by atoms with Crippen molar-refractivity contribution in [2.45, 2.75) is 190 Å². The number of fused-ring (bicyclic) bond motifs is 4. The van der Waals surface area contributed by atoms with Crippen molar-refractivity contribution in [1.82, 2.24) is 40.4 Å². The monoisotopic (exact) mass is 1040 g/mol. The molecule has 4 bridgehead atoms. The van der Waals surface area contributed by atoms with E-state index in [9.17, 15) is 29.4 Å². The summed E-state index contributed by atoms with van der Waals surface area (Å²) in [6.45, 7) is 3.10. The van der Waals surface area contributed by atoms with E-state index in [4.69, 9.17) is 19.4 Å². The molecule has 412 valence electrons. The van der Waals surface area contributed by atoms with Crippen LogP contribution in [0.1, 0.15) is 189 Å². The Bertz CT molecular complexity index is 2540. The number of nitrogens with one attached hydrogen (secondary N) is 4. The number of benzene rings is 2. The minimum atomic E-state index is -0.906. The fourth-order valence-electron chi connectivity index (χ4n) is 16.3. The second-order valence-electron chi connectivity index (χ2n) is 24.8. The summed E-state index contributed by atoms with van der Waals surface area (Å²) in [7, 11) is 2.59. The Morgan fingerprint density at radius 2 is 0.961 bits per heavy atom. The SMILES string of the molecule is COC(=O)N[C@H](C(=O)N1[C@H](c2nc3ccc(C4C[C@H]5CCC4CCC4CC[C@H](CC5)C(c5ccc6nc([C@@H]7C[C@@H]8CCCC[C@@H]8N7C(=O)[C@@H](NC(=O)OC)[C@@H](C)CO)[nH]c6c5)C4)cc3[nH]2)C[C@@H]2CCCC[C@@H]21)[C@@H](C)CO. The molecule has 10 aliphatic rings. The molecule has 2 aliphatic heterocycles. The highest BCUT2D eigenvalue weighted by atomic mass is 16.5. The molecule has 16 nitrogen and oxygen atoms in total. The highest BCUT2D eigenvalue weighted by Crippen LogP contribution is 2.53. The number of hydrogen-bond donors (Lipinski definition) is 6. The normalized spacial score (nSPS) is 32.1. The highest BCUT2D eigenvalue weighted by molar-refractivity contribution is 5.88. The van der Waals surface area contributed by atoms with Crippen LogP contribution in [-0.4, -0.2) is 116 Å². The first-order valence-electron chi connectivity index (χ1n) is 29.5. The molecule has 4 aromatic rings. The van der Waals surface area contributed by atoms with Crippen LogP contribution in [0, 0.1) is 47.3 Å². The number of amides is 4. The number of alkyl carbamates (subject to hydrolysis) is 2. The number of H-pyrrole nitrogens is 2. The molecule has 4 amide bonds. The number of rotatable bonds is 12. The molecule has 0 spiro atoms. The lowest BCUT2D eigenvalue weighted by Gasteiger charge is -2.42. The van der Waals surface area contributed by atoms with E-state index in [1.807, 2.05) is 9.80 Å². The molecule has 14 rings (SSSR count). The Balaban J connectivity index is 0.803. The second kappa shape index (κ2) is 22.6. The van der Waals surface area contributed by atoms with Crippen LogP contribution in [0.2, 0.25) is 0 Å². The molecule has 2 aromatic carbocycles. The molecular weight excluding hydrogens is 961 g/mol. The van der Waals surface area contributed by atoms with Gasteiger partial charge in [0.15, 0.2) is 0 Å². The average Bonchev–Trinajstić information content (AvgIpc) is 4.30. The van der Waals surface area contributed by atoms with Crippen molar-refractivity contribution in [3.05, 3.63) is 59.2 Å². The van der Waals surface area contributed by atoms with Gasteiger partial charge in [0.1, 0.15) is 23.7 Å². The fourth-order valence-corrected chi connectivity index (χ4v) is 16.3. The molecule has 8 saturated carbocycles. The topological polar surface area (TPSA) is 215 Å². The van der Waals surface area contributed by atoms with Crippen LogP contribution in [0.15, 0.2) is 36.4 Å². The summed E-state index contributed by atoms with van der Waals surface area (Å²) >= 11 is 0. The van der Waals surface area contributed by atoms with Gasteiger partial charge in [0.05, 0.1) is 48.4 Å². The van der Waals surface area contributed by atoms with Gasteiger partial charge in [0.2, 0.25) is 11.8 Å². The Kier molecular flexibility index (Phi) is 15.7. The van der Waals surface area contributed by atoms with E-state index >= 15 is 0 Å². The Morgan fingerprint density at radius 1 is 0.566 bits per heavy atom. The molecule has 76 heavy (non-hydrogen) atoms. The Labute approximate surface area is 448 Å². The first-order valence-corrected chi connectivity index (χ1v) is 29.5. The molecule has 16 heteroatoms. The minimum absolute atomic E-state index is 0.0633. The average molecular weight is 1050 g/mol. The van der Waals surface area contributed by atoms with E-state index in [-0.39, 0.29) is 49.2 Å². The van der Waals surface area contributed by atoms with E-state index < -0.39 is 36.1 Å². The lowest BCUT2D eigenvalue weighted by Crippen LogP contribution is -2.54. The van der Waals surface area contributed by atoms with Crippen LogP contribution in [0.4, 0.5) is 9.59 Å². The highest BCUT2D eigenvalue weighted by Gasteiger charge is 2.51. The summed E-state index contributed by atoms with van der Waals surface area (Å²) in [6, 6.07) is 11.6. The van der Waals surface area contributed by atoms with Gasteiger partial charge >= 0.3 is 12.2 Å². The smallest absolute Gasteiger partial charge is 0.407 e. The van der Waals surface area contributed by atoms with Gasteiger partial charge in [-0.15, -0.1) is 0 Å². The maximum Gasteiger partial charge on any atom is 0.407 e. The molecule has 8 aliphatic carbocycles. The van der Waals surface area contributed by atoms with Crippen molar-refractivity contribution in [2.75, 3.05) is 27.4 Å². The van der Waals surface area contributed by atoms with E-state index in [1.54, 1.807) is 13.8 Å². The number of carbonyl (C=O) groups excluding carboxylic acids is 4. The van der Waals surface area contributed by atoms with Crippen molar-refractivity contribution in [2.24, 2.45) is 47.3 Å². The van der Waals surface area contributed by atoms with Crippen molar-refractivity contribution in [1.29, 1.82) is 0 Å². The number of aliphatic hydroxyl groups excluding tert-OH is 2. The summed E-state index contributed by atoms with van der Waals surface area (Å²) in [5.74, 6) is 4.56. The molecule has 2 saturated heterocycles. The van der Waals surface area contributed by atoms with Gasteiger partial charge in [-0.05, 0) is 160 Å². The van der Waals surface area contributed by atoms with E-state index in [0.29, 0.717) is 47.3 Å². The third kappa shape index (κ3) is 10.3. The molecule has 12 atom stereocenters. The molecule has 0 radical (unpaired) electrons. The molecule has 4 heterocycles. The van der Waals surface area contributed by atoms with Gasteiger partial charge in [-0.3, -0.25) is 9.59 Å². The van der Waals surface area contributed by atoms with E-state index in [2.05, 4.69) is 57.0 Å². The first kappa shape index (κ1) is 52.8. The van der Waals surface area contributed by atoms with E-state index in [0.717, 1.165) is 97.9 Å². The number of carbonyl (C=O) groups is 4. The summed E-state index contributed by atoms with van der Waals surface area (Å²) in [5.41, 5.74) is 6.68. The zero-order valence-electron chi connectivity index (χ0n) is 45.4. The molecule has 2 unspecified atom stereocenters. The number of nitrogens with zero attached hydrogens (tertiary/aromatic N) is 4. The predicted molar refractivity (Wildman–Crippen MR) is 289 cm³/mol. The maximum atomic E-state index is 14.6. The summed E-state index contributed by atoms with van der Waals surface area (Å²) in [4.78, 5) is 76.0. The van der Waals surface area contributed by atoms with Crippen LogP contribution >= 0.6 is 0 Å². The largest absolute Gasteiger partial charge is 0.453 e. The number of imidazole rings is 2. The molecular formula is C60H84N8O8. The lowest BCUT2D eigenvalue weighted by atomic mass is 9.63. The lowest BCUT2D eigenvalue weighted by molar-refractivity contribution is -0.139. The van der Waals surface area contributed by atoms with Gasteiger partial charge in [-0.1, -0.05) is 77.3 Å². The summed E-state index contributed by atoms with van der Waals surface area (Å²) < 4.78 is 9.83. The van der Waals surface area contributed by atoms with Crippen molar-refractivity contribution >= 4 is 46.1 Å².